The highest BCUT2D eigenvalue weighted by molar-refractivity contribution is 5.69. The van der Waals surface area contributed by atoms with Gasteiger partial charge >= 0.3 is 5.97 Å². The molecule has 0 aromatic carbocycles. The Morgan fingerprint density at radius 3 is 2.33 bits per heavy atom. The van der Waals surface area contributed by atoms with E-state index in [0.29, 0.717) is 18.9 Å². The molecule has 0 aliphatic heterocycles. The predicted octanol–water partition coefficient (Wildman–Crippen LogP) is 4.96. The normalized spacial score (nSPS) is 12.7. The van der Waals surface area contributed by atoms with E-state index in [1.807, 2.05) is 0 Å². The number of carbonyl (C=O) groups is 1. The van der Waals surface area contributed by atoms with Crippen LogP contribution in [0.5, 0.6) is 0 Å². The minimum Gasteiger partial charge on any atom is -0.466 e. The van der Waals surface area contributed by atoms with Gasteiger partial charge in [-0.1, -0.05) is 59.8 Å². The molecule has 0 aromatic rings. The summed E-state index contributed by atoms with van der Waals surface area (Å²) in [6, 6.07) is 0. The molecule has 108 valence electrons. The summed E-state index contributed by atoms with van der Waals surface area (Å²) in [5.41, 5.74) is 0. The second-order valence-electron chi connectivity index (χ2n) is 5.90. The highest BCUT2D eigenvalue weighted by Crippen LogP contribution is 2.15. The van der Waals surface area contributed by atoms with Gasteiger partial charge in [-0.2, -0.15) is 0 Å². The molecular weight excluding hydrogens is 224 g/mol. The molecule has 1 unspecified atom stereocenters. The molecule has 0 aliphatic carbocycles. The van der Waals surface area contributed by atoms with Gasteiger partial charge in [0.15, 0.2) is 0 Å². The fourth-order valence-corrected chi connectivity index (χ4v) is 1.98. The van der Waals surface area contributed by atoms with Crippen LogP contribution in [0.15, 0.2) is 0 Å². The second kappa shape index (κ2) is 11.6. The number of hydrogen-bond acceptors (Lipinski definition) is 2. The molecule has 0 heterocycles. The number of esters is 1. The molecular formula is C16H32O2. The molecule has 0 saturated heterocycles. The van der Waals surface area contributed by atoms with Gasteiger partial charge in [0.25, 0.3) is 0 Å². The van der Waals surface area contributed by atoms with Gasteiger partial charge in [-0.3, -0.25) is 4.79 Å². The van der Waals surface area contributed by atoms with Crippen LogP contribution in [0.3, 0.4) is 0 Å². The third-order valence-electron chi connectivity index (χ3n) is 3.34. The van der Waals surface area contributed by atoms with Gasteiger partial charge in [0.1, 0.15) is 0 Å². The zero-order valence-electron chi connectivity index (χ0n) is 12.8. The average molecular weight is 256 g/mol. The molecule has 0 rings (SSSR count). The summed E-state index contributed by atoms with van der Waals surface area (Å²) in [6.45, 7) is 9.54. The van der Waals surface area contributed by atoms with Gasteiger partial charge in [0.2, 0.25) is 0 Å². The molecule has 0 fully saturated rings. The first-order chi connectivity index (χ1) is 8.56. The third kappa shape index (κ3) is 11.9. The zero-order valence-corrected chi connectivity index (χ0v) is 12.8. The lowest BCUT2D eigenvalue weighted by molar-refractivity contribution is -0.144. The van der Waals surface area contributed by atoms with Crippen molar-refractivity contribution in [2.24, 2.45) is 11.8 Å². The van der Waals surface area contributed by atoms with Gasteiger partial charge in [-0.05, 0) is 24.7 Å². The Bertz CT molecular complexity index is 199. The predicted molar refractivity (Wildman–Crippen MR) is 77.6 cm³/mol. The van der Waals surface area contributed by atoms with Crippen molar-refractivity contribution >= 4 is 5.97 Å². The molecule has 0 aromatic heterocycles. The minimum atomic E-state index is -0.0159. The van der Waals surface area contributed by atoms with Crippen molar-refractivity contribution in [2.45, 2.75) is 79.1 Å². The second-order valence-corrected chi connectivity index (χ2v) is 5.90. The van der Waals surface area contributed by atoms with E-state index >= 15 is 0 Å². The molecule has 0 spiro atoms. The maximum atomic E-state index is 11.4. The first-order valence-corrected chi connectivity index (χ1v) is 7.71. The molecule has 2 heteroatoms. The summed E-state index contributed by atoms with van der Waals surface area (Å²) in [5.74, 6) is 1.46. The first kappa shape index (κ1) is 17.5. The fraction of sp³-hybridized carbons (Fsp3) is 0.938. The van der Waals surface area contributed by atoms with Crippen molar-refractivity contribution in [3.05, 3.63) is 0 Å². The van der Waals surface area contributed by atoms with Crippen molar-refractivity contribution < 1.29 is 9.53 Å². The van der Waals surface area contributed by atoms with Gasteiger partial charge in [0, 0.05) is 6.42 Å². The van der Waals surface area contributed by atoms with Crippen molar-refractivity contribution in [3.63, 3.8) is 0 Å². The maximum absolute atomic E-state index is 11.4. The number of unbranched alkanes of at least 4 members (excludes halogenated alkanes) is 2. The molecule has 0 amide bonds. The highest BCUT2D eigenvalue weighted by atomic mass is 16.5. The van der Waals surface area contributed by atoms with E-state index in [1.54, 1.807) is 0 Å². The number of carbonyl (C=O) groups excluding carboxylic acids is 1. The van der Waals surface area contributed by atoms with Crippen LogP contribution in [0.1, 0.15) is 79.1 Å². The minimum absolute atomic E-state index is 0.0159. The topological polar surface area (TPSA) is 26.3 Å². The summed E-state index contributed by atoms with van der Waals surface area (Å²) in [7, 11) is 0. The fourth-order valence-electron chi connectivity index (χ4n) is 1.98. The van der Waals surface area contributed by atoms with Crippen molar-refractivity contribution in [1.82, 2.24) is 0 Å². The Morgan fingerprint density at radius 1 is 1.00 bits per heavy atom. The van der Waals surface area contributed by atoms with Crippen LogP contribution in [-0.4, -0.2) is 12.6 Å². The Balaban J connectivity index is 3.38. The van der Waals surface area contributed by atoms with Crippen LogP contribution in [0, 0.1) is 11.8 Å². The van der Waals surface area contributed by atoms with Gasteiger partial charge < -0.3 is 4.74 Å². The lowest BCUT2D eigenvalue weighted by Crippen LogP contribution is -2.08. The van der Waals surface area contributed by atoms with E-state index in [4.69, 9.17) is 4.74 Å². The Hall–Kier alpha value is -0.530. The van der Waals surface area contributed by atoms with Crippen LogP contribution in [0.2, 0.25) is 0 Å². The van der Waals surface area contributed by atoms with Crippen LogP contribution < -0.4 is 0 Å². The summed E-state index contributed by atoms with van der Waals surface area (Å²) < 4.78 is 5.25. The summed E-state index contributed by atoms with van der Waals surface area (Å²) >= 11 is 0. The van der Waals surface area contributed by atoms with Crippen molar-refractivity contribution in [1.29, 1.82) is 0 Å². The number of hydrogen-bond donors (Lipinski definition) is 0. The van der Waals surface area contributed by atoms with E-state index in [-0.39, 0.29) is 5.97 Å². The van der Waals surface area contributed by atoms with Crippen LogP contribution in [0.25, 0.3) is 0 Å². The van der Waals surface area contributed by atoms with Crippen molar-refractivity contribution in [3.8, 4) is 0 Å². The lowest BCUT2D eigenvalue weighted by Gasteiger charge is -2.12. The summed E-state index contributed by atoms with van der Waals surface area (Å²) in [4.78, 5) is 11.4. The molecule has 0 aliphatic rings. The standard InChI is InChI=1S/C16H32O2/c1-5-6-7-11-16(17)18-13-12-15(4)10-8-9-14(2)3/h14-15H,5-13H2,1-4H3. The van der Waals surface area contributed by atoms with Gasteiger partial charge in [-0.15, -0.1) is 0 Å². The molecule has 0 bridgehead atoms. The van der Waals surface area contributed by atoms with E-state index < -0.39 is 0 Å². The average Bonchev–Trinajstić information content (AvgIpc) is 2.29. The van der Waals surface area contributed by atoms with E-state index in [0.717, 1.165) is 31.6 Å². The first-order valence-electron chi connectivity index (χ1n) is 7.71. The third-order valence-corrected chi connectivity index (χ3v) is 3.34. The van der Waals surface area contributed by atoms with E-state index in [1.165, 1.54) is 19.3 Å². The molecule has 18 heavy (non-hydrogen) atoms. The SMILES string of the molecule is CCCCCC(=O)OCCC(C)CCCC(C)C. The lowest BCUT2D eigenvalue weighted by atomic mass is 9.98. The largest absolute Gasteiger partial charge is 0.466 e. The Kier molecular flexibility index (Phi) is 11.2. The van der Waals surface area contributed by atoms with E-state index in [2.05, 4.69) is 27.7 Å². The number of rotatable bonds is 11. The highest BCUT2D eigenvalue weighted by Gasteiger charge is 2.06. The number of ether oxygens (including phenoxy) is 1. The van der Waals surface area contributed by atoms with Crippen molar-refractivity contribution in [2.75, 3.05) is 6.61 Å². The Labute approximate surface area is 113 Å². The monoisotopic (exact) mass is 256 g/mol. The molecule has 0 saturated carbocycles. The summed E-state index contributed by atoms with van der Waals surface area (Å²) in [6.07, 6.45) is 8.71. The summed E-state index contributed by atoms with van der Waals surface area (Å²) in [5, 5.41) is 0. The Morgan fingerprint density at radius 2 is 1.72 bits per heavy atom. The van der Waals surface area contributed by atoms with E-state index in [9.17, 15) is 4.79 Å². The maximum Gasteiger partial charge on any atom is 0.305 e. The molecule has 0 radical (unpaired) electrons. The van der Waals surface area contributed by atoms with Crippen LogP contribution >= 0.6 is 0 Å². The van der Waals surface area contributed by atoms with Crippen LogP contribution in [-0.2, 0) is 9.53 Å². The van der Waals surface area contributed by atoms with Crippen LogP contribution in [0.4, 0.5) is 0 Å². The molecule has 1 atom stereocenters. The van der Waals surface area contributed by atoms with Gasteiger partial charge in [-0.25, -0.2) is 0 Å². The molecule has 2 nitrogen and oxygen atoms in total. The smallest absolute Gasteiger partial charge is 0.305 e. The molecule has 0 N–H and O–H groups in total. The van der Waals surface area contributed by atoms with Gasteiger partial charge in [0.05, 0.1) is 6.61 Å². The zero-order chi connectivity index (χ0) is 13.8. The quantitative estimate of drug-likeness (QED) is 0.385.